The van der Waals surface area contributed by atoms with Gasteiger partial charge in [-0.25, -0.2) is 0 Å². The van der Waals surface area contributed by atoms with E-state index in [-0.39, 0.29) is 0 Å². The second-order valence-electron chi connectivity index (χ2n) is 2.13. The number of rotatable bonds is 2. The van der Waals surface area contributed by atoms with Crippen molar-refractivity contribution in [1.29, 1.82) is 0 Å². The molecule has 0 aliphatic carbocycles. The van der Waals surface area contributed by atoms with Gasteiger partial charge in [-0.1, -0.05) is 6.92 Å². The number of furan rings is 1. The fourth-order valence-electron chi connectivity index (χ4n) is 0.720. The van der Waals surface area contributed by atoms with Crippen molar-refractivity contribution in [2.24, 2.45) is 0 Å². The SMILES string of the molecule is C[C@H](S)Cc1ccco1. The summed E-state index contributed by atoms with van der Waals surface area (Å²) in [7, 11) is 0. The Morgan fingerprint density at radius 1 is 1.78 bits per heavy atom. The third-order valence-electron chi connectivity index (χ3n) is 1.08. The highest BCUT2D eigenvalue weighted by atomic mass is 32.1. The number of thiol groups is 1. The molecule has 0 saturated heterocycles. The minimum Gasteiger partial charge on any atom is -0.469 e. The first-order chi connectivity index (χ1) is 4.29. The summed E-state index contributed by atoms with van der Waals surface area (Å²) in [4.78, 5) is 0. The van der Waals surface area contributed by atoms with Crippen LogP contribution in [0.25, 0.3) is 0 Å². The Labute approximate surface area is 60.5 Å². The van der Waals surface area contributed by atoms with Crippen LogP contribution in [0.4, 0.5) is 0 Å². The van der Waals surface area contributed by atoms with E-state index in [9.17, 15) is 0 Å². The third-order valence-corrected chi connectivity index (χ3v) is 1.26. The highest BCUT2D eigenvalue weighted by Gasteiger charge is 1.98. The Morgan fingerprint density at radius 3 is 3.00 bits per heavy atom. The van der Waals surface area contributed by atoms with Crippen LogP contribution in [0.1, 0.15) is 12.7 Å². The summed E-state index contributed by atoms with van der Waals surface area (Å²) in [5.41, 5.74) is 0. The van der Waals surface area contributed by atoms with Crippen molar-refractivity contribution in [2.45, 2.75) is 18.6 Å². The summed E-state index contributed by atoms with van der Waals surface area (Å²) in [6.45, 7) is 2.05. The highest BCUT2D eigenvalue weighted by Crippen LogP contribution is 2.06. The highest BCUT2D eigenvalue weighted by molar-refractivity contribution is 7.80. The van der Waals surface area contributed by atoms with E-state index in [2.05, 4.69) is 12.6 Å². The lowest BCUT2D eigenvalue weighted by molar-refractivity contribution is 0.508. The van der Waals surface area contributed by atoms with Crippen molar-refractivity contribution in [3.05, 3.63) is 24.2 Å². The van der Waals surface area contributed by atoms with Crippen LogP contribution in [0.2, 0.25) is 0 Å². The topological polar surface area (TPSA) is 13.1 Å². The minimum atomic E-state index is 0.385. The number of hydrogen-bond donors (Lipinski definition) is 1. The van der Waals surface area contributed by atoms with Crippen LogP contribution in [0.15, 0.2) is 22.8 Å². The van der Waals surface area contributed by atoms with Crippen LogP contribution in [0, 0.1) is 0 Å². The quantitative estimate of drug-likeness (QED) is 0.624. The molecule has 0 saturated carbocycles. The van der Waals surface area contributed by atoms with Crippen LogP contribution >= 0.6 is 12.6 Å². The molecule has 0 fully saturated rings. The summed E-state index contributed by atoms with van der Waals surface area (Å²) < 4.78 is 5.10. The molecule has 1 heterocycles. The average Bonchev–Trinajstić information content (AvgIpc) is 2.15. The maximum Gasteiger partial charge on any atom is 0.104 e. The maximum absolute atomic E-state index is 5.10. The zero-order valence-corrected chi connectivity index (χ0v) is 6.27. The minimum absolute atomic E-state index is 0.385. The first-order valence-corrected chi connectivity index (χ1v) is 3.51. The summed E-state index contributed by atoms with van der Waals surface area (Å²) in [5, 5.41) is 0.385. The fourth-order valence-corrected chi connectivity index (χ4v) is 0.900. The van der Waals surface area contributed by atoms with Crippen molar-refractivity contribution in [1.82, 2.24) is 0 Å². The molecular formula is C7H10OS. The zero-order chi connectivity index (χ0) is 6.69. The molecule has 50 valence electrons. The van der Waals surface area contributed by atoms with E-state index in [1.807, 2.05) is 19.1 Å². The van der Waals surface area contributed by atoms with Crippen molar-refractivity contribution in [3.63, 3.8) is 0 Å². The van der Waals surface area contributed by atoms with Crippen LogP contribution in [-0.2, 0) is 6.42 Å². The molecule has 0 aliphatic heterocycles. The lowest BCUT2D eigenvalue weighted by Gasteiger charge is -1.97. The van der Waals surface area contributed by atoms with Gasteiger partial charge in [-0.15, -0.1) is 0 Å². The van der Waals surface area contributed by atoms with E-state index in [0.717, 1.165) is 12.2 Å². The van der Waals surface area contributed by atoms with Gasteiger partial charge in [0.2, 0.25) is 0 Å². The molecule has 0 aliphatic rings. The van der Waals surface area contributed by atoms with Crippen LogP contribution in [0.3, 0.4) is 0 Å². The van der Waals surface area contributed by atoms with Gasteiger partial charge in [0, 0.05) is 11.7 Å². The molecule has 1 rings (SSSR count). The van der Waals surface area contributed by atoms with Gasteiger partial charge in [-0.05, 0) is 12.1 Å². The third kappa shape index (κ3) is 2.14. The second-order valence-corrected chi connectivity index (χ2v) is 3.01. The second kappa shape index (κ2) is 2.97. The van der Waals surface area contributed by atoms with Crippen molar-refractivity contribution in [3.8, 4) is 0 Å². The molecule has 1 aromatic rings. The first-order valence-electron chi connectivity index (χ1n) is 2.99. The summed E-state index contributed by atoms with van der Waals surface area (Å²) in [6, 6.07) is 3.86. The van der Waals surface area contributed by atoms with E-state index in [1.165, 1.54) is 0 Å². The Balaban J connectivity index is 2.48. The molecule has 0 radical (unpaired) electrons. The van der Waals surface area contributed by atoms with E-state index in [4.69, 9.17) is 4.42 Å². The van der Waals surface area contributed by atoms with E-state index in [1.54, 1.807) is 6.26 Å². The predicted molar refractivity (Wildman–Crippen MR) is 40.9 cm³/mol. The molecular weight excluding hydrogens is 132 g/mol. The molecule has 9 heavy (non-hydrogen) atoms. The summed E-state index contributed by atoms with van der Waals surface area (Å²) in [6.07, 6.45) is 2.60. The maximum atomic E-state index is 5.10. The Morgan fingerprint density at radius 2 is 2.56 bits per heavy atom. The van der Waals surface area contributed by atoms with Crippen LogP contribution in [0.5, 0.6) is 0 Å². The van der Waals surface area contributed by atoms with Gasteiger partial charge < -0.3 is 4.42 Å². The van der Waals surface area contributed by atoms with Gasteiger partial charge in [-0.3, -0.25) is 0 Å². The van der Waals surface area contributed by atoms with Gasteiger partial charge in [0.05, 0.1) is 6.26 Å². The summed E-state index contributed by atoms with van der Waals surface area (Å²) in [5.74, 6) is 1.01. The van der Waals surface area contributed by atoms with Gasteiger partial charge in [0.25, 0.3) is 0 Å². The molecule has 2 heteroatoms. The lowest BCUT2D eigenvalue weighted by atomic mass is 10.3. The van der Waals surface area contributed by atoms with Crippen molar-refractivity contribution >= 4 is 12.6 Å². The standard InChI is InChI=1S/C7H10OS/c1-6(9)5-7-3-2-4-8-7/h2-4,6,9H,5H2,1H3/t6-/m0/s1. The monoisotopic (exact) mass is 142 g/mol. The van der Waals surface area contributed by atoms with Crippen LogP contribution < -0.4 is 0 Å². The molecule has 0 amide bonds. The van der Waals surface area contributed by atoms with E-state index < -0.39 is 0 Å². The molecule has 1 aromatic heterocycles. The van der Waals surface area contributed by atoms with Gasteiger partial charge in [-0.2, -0.15) is 12.6 Å². The smallest absolute Gasteiger partial charge is 0.104 e. The van der Waals surface area contributed by atoms with Gasteiger partial charge in [0.15, 0.2) is 0 Å². The largest absolute Gasteiger partial charge is 0.469 e. The summed E-state index contributed by atoms with van der Waals surface area (Å²) >= 11 is 4.22. The van der Waals surface area contributed by atoms with Crippen molar-refractivity contribution in [2.75, 3.05) is 0 Å². The van der Waals surface area contributed by atoms with Gasteiger partial charge in [0.1, 0.15) is 5.76 Å². The molecule has 1 nitrogen and oxygen atoms in total. The van der Waals surface area contributed by atoms with Crippen LogP contribution in [-0.4, -0.2) is 5.25 Å². The molecule has 0 N–H and O–H groups in total. The van der Waals surface area contributed by atoms with E-state index in [0.29, 0.717) is 5.25 Å². The fraction of sp³-hybridized carbons (Fsp3) is 0.429. The molecule has 0 bridgehead atoms. The Hall–Kier alpha value is -0.370. The Kier molecular flexibility index (Phi) is 2.22. The molecule has 1 atom stereocenters. The molecule has 0 aromatic carbocycles. The van der Waals surface area contributed by atoms with Gasteiger partial charge >= 0.3 is 0 Å². The molecule has 0 unspecified atom stereocenters. The number of hydrogen-bond acceptors (Lipinski definition) is 2. The lowest BCUT2D eigenvalue weighted by Crippen LogP contribution is -1.94. The molecule has 0 spiro atoms. The Bertz CT molecular complexity index is 155. The van der Waals surface area contributed by atoms with E-state index >= 15 is 0 Å². The zero-order valence-electron chi connectivity index (χ0n) is 5.37. The normalized spacial score (nSPS) is 13.6. The predicted octanol–water partition coefficient (Wildman–Crippen LogP) is 2.14. The first kappa shape index (κ1) is 6.75. The van der Waals surface area contributed by atoms with Crippen molar-refractivity contribution < 1.29 is 4.42 Å². The average molecular weight is 142 g/mol.